The molecule has 0 aliphatic rings. The molecular formula is C12H14OS. The fourth-order valence-corrected chi connectivity index (χ4v) is 2.89. The van der Waals surface area contributed by atoms with Gasteiger partial charge in [-0.05, 0) is 37.1 Å². The second kappa shape index (κ2) is 3.07. The van der Waals surface area contributed by atoms with Crippen LogP contribution in [-0.4, -0.2) is 5.11 Å². The van der Waals surface area contributed by atoms with Crippen molar-refractivity contribution in [3.05, 3.63) is 34.7 Å². The summed E-state index contributed by atoms with van der Waals surface area (Å²) in [5, 5.41) is 13.2. The first kappa shape index (κ1) is 9.69. The summed E-state index contributed by atoms with van der Waals surface area (Å²) in [4.78, 5) is 0. The van der Waals surface area contributed by atoms with E-state index in [2.05, 4.69) is 24.4 Å². The molecule has 0 amide bonds. The summed E-state index contributed by atoms with van der Waals surface area (Å²) in [6.45, 7) is 5.76. The van der Waals surface area contributed by atoms with Gasteiger partial charge in [-0.2, -0.15) is 0 Å². The quantitative estimate of drug-likeness (QED) is 0.757. The number of hydrogen-bond donors (Lipinski definition) is 1. The Hall–Kier alpha value is -0.860. The van der Waals surface area contributed by atoms with Crippen molar-refractivity contribution in [3.63, 3.8) is 0 Å². The molecule has 0 bridgehead atoms. The first-order valence-corrected chi connectivity index (χ1v) is 5.58. The highest BCUT2D eigenvalue weighted by molar-refractivity contribution is 7.17. The predicted molar refractivity (Wildman–Crippen MR) is 61.8 cm³/mol. The Morgan fingerprint density at radius 1 is 1.29 bits per heavy atom. The van der Waals surface area contributed by atoms with Crippen LogP contribution < -0.4 is 0 Å². The lowest BCUT2D eigenvalue weighted by Gasteiger charge is -2.16. The molecule has 1 aromatic heterocycles. The van der Waals surface area contributed by atoms with Crippen LogP contribution >= 0.6 is 11.3 Å². The van der Waals surface area contributed by atoms with E-state index in [4.69, 9.17) is 0 Å². The zero-order valence-corrected chi connectivity index (χ0v) is 9.48. The monoisotopic (exact) mass is 206 g/mol. The van der Waals surface area contributed by atoms with Gasteiger partial charge in [0, 0.05) is 10.3 Å². The zero-order valence-electron chi connectivity index (χ0n) is 8.66. The van der Waals surface area contributed by atoms with Gasteiger partial charge in [0.15, 0.2) is 0 Å². The third-order valence-corrected chi connectivity index (χ3v) is 3.59. The van der Waals surface area contributed by atoms with Gasteiger partial charge in [-0.3, -0.25) is 0 Å². The van der Waals surface area contributed by atoms with Crippen molar-refractivity contribution in [2.24, 2.45) is 0 Å². The van der Waals surface area contributed by atoms with Crippen LogP contribution in [0.1, 0.15) is 25.0 Å². The average molecular weight is 206 g/mol. The Balaban J connectivity index is 2.76. The summed E-state index contributed by atoms with van der Waals surface area (Å²) >= 11 is 1.71. The van der Waals surface area contributed by atoms with Crippen molar-refractivity contribution >= 4 is 21.4 Å². The van der Waals surface area contributed by atoms with Crippen molar-refractivity contribution in [2.75, 3.05) is 0 Å². The molecule has 0 atom stereocenters. The van der Waals surface area contributed by atoms with Gasteiger partial charge in [0.1, 0.15) is 0 Å². The number of rotatable bonds is 1. The number of aryl methyl sites for hydroxylation is 1. The molecule has 0 unspecified atom stereocenters. The molecule has 0 fully saturated rings. The van der Waals surface area contributed by atoms with Gasteiger partial charge >= 0.3 is 0 Å². The van der Waals surface area contributed by atoms with Crippen LogP contribution in [0, 0.1) is 6.92 Å². The van der Waals surface area contributed by atoms with Crippen LogP contribution in [0.4, 0.5) is 0 Å². The maximum absolute atomic E-state index is 9.97. The van der Waals surface area contributed by atoms with E-state index in [0.29, 0.717) is 0 Å². The number of fused-ring (bicyclic) bond motifs is 1. The fourth-order valence-electron chi connectivity index (χ4n) is 1.68. The molecule has 0 aliphatic heterocycles. The van der Waals surface area contributed by atoms with E-state index < -0.39 is 5.60 Å². The first-order chi connectivity index (χ1) is 6.50. The maximum Gasteiger partial charge on any atom is 0.0854 e. The van der Waals surface area contributed by atoms with E-state index in [1.54, 1.807) is 11.3 Å². The zero-order chi connectivity index (χ0) is 10.3. The Kier molecular flexibility index (Phi) is 2.13. The van der Waals surface area contributed by atoms with E-state index in [-0.39, 0.29) is 0 Å². The van der Waals surface area contributed by atoms with Crippen LogP contribution in [0.2, 0.25) is 0 Å². The van der Waals surface area contributed by atoms with Crippen molar-refractivity contribution in [1.29, 1.82) is 0 Å². The van der Waals surface area contributed by atoms with Gasteiger partial charge in [0.25, 0.3) is 0 Å². The van der Waals surface area contributed by atoms with E-state index in [1.165, 1.54) is 15.6 Å². The number of hydrogen-bond acceptors (Lipinski definition) is 2. The molecule has 0 saturated carbocycles. The van der Waals surface area contributed by atoms with Gasteiger partial charge in [-0.15, -0.1) is 11.3 Å². The Morgan fingerprint density at radius 3 is 2.64 bits per heavy atom. The minimum absolute atomic E-state index is 0.744. The second-order valence-corrected chi connectivity index (χ2v) is 5.04. The minimum Gasteiger partial charge on any atom is -0.386 e. The Bertz CT molecular complexity index is 463. The van der Waals surface area contributed by atoms with Crippen LogP contribution in [0.3, 0.4) is 0 Å². The van der Waals surface area contributed by atoms with Gasteiger partial charge in [-0.1, -0.05) is 18.2 Å². The first-order valence-electron chi connectivity index (χ1n) is 4.70. The Labute approximate surface area is 88.0 Å². The predicted octanol–water partition coefficient (Wildman–Crippen LogP) is 3.44. The maximum atomic E-state index is 9.97. The van der Waals surface area contributed by atoms with E-state index in [0.717, 1.165) is 5.56 Å². The average Bonchev–Trinajstić information content (AvgIpc) is 2.47. The lowest BCUT2D eigenvalue weighted by atomic mass is 9.97. The van der Waals surface area contributed by atoms with Gasteiger partial charge in [0.05, 0.1) is 5.60 Å². The molecule has 0 spiro atoms. The molecule has 2 rings (SSSR count). The highest BCUT2D eigenvalue weighted by Gasteiger charge is 2.20. The van der Waals surface area contributed by atoms with Crippen molar-refractivity contribution in [3.8, 4) is 0 Å². The van der Waals surface area contributed by atoms with E-state index >= 15 is 0 Å². The SMILES string of the molecule is Cc1cccc2c(C(C)(C)O)csc12. The molecule has 2 heteroatoms. The van der Waals surface area contributed by atoms with Crippen LogP contribution in [0.25, 0.3) is 10.1 Å². The second-order valence-electron chi connectivity index (χ2n) is 4.16. The highest BCUT2D eigenvalue weighted by Crippen LogP contribution is 2.34. The van der Waals surface area contributed by atoms with Crippen LogP contribution in [-0.2, 0) is 5.60 Å². The topological polar surface area (TPSA) is 20.2 Å². The lowest BCUT2D eigenvalue weighted by Crippen LogP contribution is -2.14. The summed E-state index contributed by atoms with van der Waals surface area (Å²) in [6, 6.07) is 6.22. The molecule has 1 nitrogen and oxygen atoms in total. The molecule has 0 saturated heterocycles. The number of thiophene rings is 1. The minimum atomic E-state index is -0.744. The summed E-state index contributed by atoms with van der Waals surface area (Å²) in [5.74, 6) is 0. The van der Waals surface area contributed by atoms with Crippen LogP contribution in [0.5, 0.6) is 0 Å². The van der Waals surface area contributed by atoms with Gasteiger partial charge < -0.3 is 5.11 Å². The van der Waals surface area contributed by atoms with E-state index in [9.17, 15) is 5.11 Å². The normalized spacial score (nSPS) is 12.3. The molecular weight excluding hydrogens is 192 g/mol. The third-order valence-electron chi connectivity index (χ3n) is 2.46. The number of benzene rings is 1. The van der Waals surface area contributed by atoms with Crippen molar-refractivity contribution in [1.82, 2.24) is 0 Å². The van der Waals surface area contributed by atoms with Crippen molar-refractivity contribution in [2.45, 2.75) is 26.4 Å². The standard InChI is InChI=1S/C12H14OS/c1-8-5-4-6-9-10(12(2,3)13)7-14-11(8)9/h4-7,13H,1-3H3. The lowest BCUT2D eigenvalue weighted by molar-refractivity contribution is 0.0806. The molecule has 1 N–H and O–H groups in total. The molecule has 2 aromatic rings. The summed E-state index contributed by atoms with van der Waals surface area (Å²) in [5.41, 5.74) is 1.57. The molecule has 14 heavy (non-hydrogen) atoms. The third kappa shape index (κ3) is 1.45. The molecule has 1 aromatic carbocycles. The Morgan fingerprint density at radius 2 is 2.00 bits per heavy atom. The van der Waals surface area contributed by atoms with Crippen LogP contribution in [0.15, 0.2) is 23.6 Å². The largest absolute Gasteiger partial charge is 0.386 e. The summed E-state index contributed by atoms with van der Waals surface area (Å²) < 4.78 is 1.28. The summed E-state index contributed by atoms with van der Waals surface area (Å²) in [6.07, 6.45) is 0. The van der Waals surface area contributed by atoms with Crippen molar-refractivity contribution < 1.29 is 5.11 Å². The molecule has 1 heterocycles. The van der Waals surface area contributed by atoms with Gasteiger partial charge in [-0.25, -0.2) is 0 Å². The molecule has 0 aliphatic carbocycles. The highest BCUT2D eigenvalue weighted by atomic mass is 32.1. The van der Waals surface area contributed by atoms with E-state index in [1.807, 2.05) is 19.9 Å². The van der Waals surface area contributed by atoms with Gasteiger partial charge in [0.2, 0.25) is 0 Å². The smallest absolute Gasteiger partial charge is 0.0854 e. The molecule has 74 valence electrons. The summed E-state index contributed by atoms with van der Waals surface area (Å²) in [7, 11) is 0. The fraction of sp³-hybridized carbons (Fsp3) is 0.333. The number of aliphatic hydroxyl groups is 1. The molecule has 0 radical (unpaired) electrons.